The molecule has 0 aliphatic carbocycles. The summed E-state index contributed by atoms with van der Waals surface area (Å²) in [5, 5.41) is 6.24. The van der Waals surface area contributed by atoms with Gasteiger partial charge in [0, 0.05) is 6.54 Å². The van der Waals surface area contributed by atoms with Crippen molar-refractivity contribution in [2.75, 3.05) is 0 Å². The first-order chi connectivity index (χ1) is 9.03. The highest BCUT2D eigenvalue weighted by molar-refractivity contribution is 7.89. The minimum Gasteiger partial charge on any atom is -0.326 e. The van der Waals surface area contributed by atoms with Crippen LogP contribution < -0.4 is 10.5 Å². The molecule has 0 atom stereocenters. The number of benzene rings is 1. The minimum atomic E-state index is -3.57. The largest absolute Gasteiger partial charge is 0.326 e. The molecule has 0 amide bonds. The van der Waals surface area contributed by atoms with Crippen LogP contribution in [0.15, 0.2) is 29.4 Å². The summed E-state index contributed by atoms with van der Waals surface area (Å²) in [7, 11) is -3.57. The highest BCUT2D eigenvalue weighted by atomic mass is 32.2. The lowest BCUT2D eigenvalue weighted by atomic mass is 10.1. The molecule has 0 unspecified atom stereocenters. The van der Waals surface area contributed by atoms with Gasteiger partial charge in [0.25, 0.3) is 0 Å². The van der Waals surface area contributed by atoms with Crippen LogP contribution >= 0.6 is 0 Å². The number of nitrogens with two attached hydrogens (primary N) is 1. The second-order valence-corrected chi connectivity index (χ2v) is 5.80. The molecule has 1 heterocycles. The lowest BCUT2D eigenvalue weighted by Gasteiger charge is -2.09. The van der Waals surface area contributed by atoms with Gasteiger partial charge in [0.2, 0.25) is 10.0 Å². The lowest BCUT2D eigenvalue weighted by Crippen LogP contribution is -2.24. The van der Waals surface area contributed by atoms with E-state index in [-0.39, 0.29) is 11.4 Å². The van der Waals surface area contributed by atoms with E-state index in [4.69, 9.17) is 5.73 Å². The molecular weight excluding hydrogens is 266 g/mol. The Morgan fingerprint density at radius 3 is 2.79 bits per heavy atom. The van der Waals surface area contributed by atoms with E-state index in [0.29, 0.717) is 17.9 Å². The molecule has 0 fully saturated rings. The summed E-state index contributed by atoms with van der Waals surface area (Å²) in [6.07, 6.45) is 1.32. The van der Waals surface area contributed by atoms with Crippen molar-refractivity contribution >= 4 is 10.0 Å². The second-order valence-electron chi connectivity index (χ2n) is 4.06. The summed E-state index contributed by atoms with van der Waals surface area (Å²) in [6.45, 7) is 2.19. The van der Waals surface area contributed by atoms with Crippen LogP contribution in [0, 0.1) is 6.92 Å². The fraction of sp³-hybridized carbons (Fsp3) is 0.273. The van der Waals surface area contributed by atoms with Gasteiger partial charge in [0.1, 0.15) is 12.2 Å². The lowest BCUT2D eigenvalue weighted by molar-refractivity contribution is 0.578. The van der Waals surface area contributed by atoms with Gasteiger partial charge < -0.3 is 5.73 Å². The predicted octanol–water partition coefficient (Wildman–Crippen LogP) is 0.0503. The van der Waals surface area contributed by atoms with Crippen LogP contribution in [0.4, 0.5) is 0 Å². The minimum absolute atomic E-state index is 0.0699. The molecule has 7 nitrogen and oxygen atoms in total. The molecule has 0 aliphatic heterocycles. The van der Waals surface area contributed by atoms with E-state index in [0.717, 1.165) is 5.56 Å². The maximum absolute atomic E-state index is 12.1. The Labute approximate surface area is 111 Å². The van der Waals surface area contributed by atoms with Gasteiger partial charge in [-0.25, -0.2) is 18.1 Å². The number of hydrogen-bond acceptors (Lipinski definition) is 5. The Morgan fingerprint density at radius 2 is 2.21 bits per heavy atom. The number of aryl methyl sites for hydroxylation is 1. The zero-order chi connectivity index (χ0) is 13.9. The molecule has 0 aliphatic rings. The van der Waals surface area contributed by atoms with E-state index in [1.807, 2.05) is 0 Å². The number of nitrogens with zero attached hydrogens (tertiary/aromatic N) is 2. The van der Waals surface area contributed by atoms with Crippen LogP contribution in [-0.2, 0) is 23.1 Å². The third-order valence-corrected chi connectivity index (χ3v) is 4.22. The molecule has 1 aromatic heterocycles. The number of aromatic nitrogens is 3. The monoisotopic (exact) mass is 281 g/mol. The fourth-order valence-electron chi connectivity index (χ4n) is 1.70. The number of sulfonamides is 1. The Hall–Kier alpha value is -1.77. The number of aromatic amines is 1. The van der Waals surface area contributed by atoms with E-state index in [9.17, 15) is 8.42 Å². The van der Waals surface area contributed by atoms with Crippen molar-refractivity contribution in [2.45, 2.75) is 24.9 Å². The Kier molecular flexibility index (Phi) is 3.93. The topological polar surface area (TPSA) is 114 Å². The first kappa shape index (κ1) is 13.7. The fourth-order valence-corrected chi connectivity index (χ4v) is 2.91. The van der Waals surface area contributed by atoms with Crippen molar-refractivity contribution in [3.8, 4) is 0 Å². The molecule has 0 saturated carbocycles. The van der Waals surface area contributed by atoms with Gasteiger partial charge in [-0.05, 0) is 24.1 Å². The van der Waals surface area contributed by atoms with Crippen LogP contribution in [0.5, 0.6) is 0 Å². The van der Waals surface area contributed by atoms with Gasteiger partial charge >= 0.3 is 0 Å². The summed E-state index contributed by atoms with van der Waals surface area (Å²) >= 11 is 0. The van der Waals surface area contributed by atoms with Gasteiger partial charge in [-0.15, -0.1) is 0 Å². The third-order valence-electron chi connectivity index (χ3n) is 2.66. The molecule has 1 aromatic carbocycles. The maximum Gasteiger partial charge on any atom is 0.241 e. The highest BCUT2D eigenvalue weighted by Gasteiger charge is 2.17. The maximum atomic E-state index is 12.1. The van der Waals surface area contributed by atoms with Crippen molar-refractivity contribution in [3.05, 3.63) is 41.5 Å². The summed E-state index contributed by atoms with van der Waals surface area (Å²) in [5.41, 5.74) is 7.07. The Morgan fingerprint density at radius 1 is 1.42 bits per heavy atom. The molecule has 0 saturated heterocycles. The van der Waals surface area contributed by atoms with E-state index >= 15 is 0 Å². The summed E-state index contributed by atoms with van der Waals surface area (Å²) < 4.78 is 26.8. The zero-order valence-electron chi connectivity index (χ0n) is 10.4. The van der Waals surface area contributed by atoms with E-state index in [1.54, 1.807) is 25.1 Å². The van der Waals surface area contributed by atoms with Crippen molar-refractivity contribution < 1.29 is 8.42 Å². The van der Waals surface area contributed by atoms with Crippen molar-refractivity contribution in [2.24, 2.45) is 5.73 Å². The highest BCUT2D eigenvalue weighted by Crippen LogP contribution is 2.16. The molecule has 0 radical (unpaired) electrons. The molecule has 102 valence electrons. The number of H-pyrrole nitrogens is 1. The second kappa shape index (κ2) is 5.47. The first-order valence-corrected chi connectivity index (χ1v) is 7.15. The standard InChI is InChI=1S/C11H15N5O2S/c1-8-4-9(5-12)2-3-10(8)19(17,18)15-6-11-13-7-14-16-11/h2-4,7,15H,5-6,12H2,1H3,(H,13,14,16). The smallest absolute Gasteiger partial charge is 0.241 e. The number of rotatable bonds is 5. The van der Waals surface area contributed by atoms with E-state index < -0.39 is 10.0 Å². The zero-order valence-corrected chi connectivity index (χ0v) is 11.2. The van der Waals surface area contributed by atoms with Crippen molar-refractivity contribution in [1.29, 1.82) is 0 Å². The average molecular weight is 281 g/mol. The molecule has 4 N–H and O–H groups in total. The average Bonchev–Trinajstić information content (AvgIpc) is 2.89. The van der Waals surface area contributed by atoms with Crippen molar-refractivity contribution in [3.63, 3.8) is 0 Å². The van der Waals surface area contributed by atoms with Crippen molar-refractivity contribution in [1.82, 2.24) is 19.9 Å². The normalized spacial score (nSPS) is 11.7. The van der Waals surface area contributed by atoms with Gasteiger partial charge in [-0.1, -0.05) is 12.1 Å². The number of nitrogens with one attached hydrogen (secondary N) is 2. The molecule has 0 bridgehead atoms. The molecular formula is C11H15N5O2S. The summed E-state index contributed by atoms with van der Waals surface area (Å²) in [6, 6.07) is 5.03. The predicted molar refractivity (Wildman–Crippen MR) is 69.5 cm³/mol. The van der Waals surface area contributed by atoms with Crippen LogP contribution in [0.25, 0.3) is 0 Å². The first-order valence-electron chi connectivity index (χ1n) is 5.66. The third kappa shape index (κ3) is 3.16. The SMILES string of the molecule is Cc1cc(CN)ccc1S(=O)(=O)NCc1ncn[nH]1. The van der Waals surface area contributed by atoms with Crippen LogP contribution in [0.3, 0.4) is 0 Å². The Balaban J connectivity index is 2.19. The van der Waals surface area contributed by atoms with Gasteiger partial charge in [-0.3, -0.25) is 5.10 Å². The quantitative estimate of drug-likeness (QED) is 0.716. The van der Waals surface area contributed by atoms with Crippen LogP contribution in [0.1, 0.15) is 17.0 Å². The molecule has 19 heavy (non-hydrogen) atoms. The molecule has 2 rings (SSSR count). The summed E-state index contributed by atoms with van der Waals surface area (Å²) in [4.78, 5) is 4.09. The van der Waals surface area contributed by atoms with Crippen LogP contribution in [-0.4, -0.2) is 23.6 Å². The van der Waals surface area contributed by atoms with Gasteiger partial charge in [0.05, 0.1) is 11.4 Å². The van der Waals surface area contributed by atoms with E-state index in [2.05, 4.69) is 19.9 Å². The molecule has 2 aromatic rings. The van der Waals surface area contributed by atoms with Gasteiger partial charge in [-0.2, -0.15) is 5.10 Å². The van der Waals surface area contributed by atoms with Gasteiger partial charge in [0.15, 0.2) is 0 Å². The number of hydrogen-bond donors (Lipinski definition) is 3. The van der Waals surface area contributed by atoms with Crippen LogP contribution in [0.2, 0.25) is 0 Å². The summed E-state index contributed by atoms with van der Waals surface area (Å²) in [5.74, 6) is 0.458. The van der Waals surface area contributed by atoms with E-state index in [1.165, 1.54) is 6.33 Å². The molecule has 0 spiro atoms. The molecule has 8 heteroatoms. The Bertz CT molecular complexity index is 652.